The Bertz CT molecular complexity index is 553. The zero-order valence-electron chi connectivity index (χ0n) is 10.6. The highest BCUT2D eigenvalue weighted by Crippen LogP contribution is 2.29. The number of nitrogens with one attached hydrogen (secondary N) is 1. The van der Waals surface area contributed by atoms with Crippen molar-refractivity contribution in [3.05, 3.63) is 35.4 Å². The zero-order valence-corrected chi connectivity index (χ0v) is 11.4. The molecule has 2 rings (SSSR count). The highest BCUT2D eigenvalue weighted by molar-refractivity contribution is 7.99. The van der Waals surface area contributed by atoms with Crippen LogP contribution in [-0.4, -0.2) is 21.8 Å². The van der Waals surface area contributed by atoms with Crippen LogP contribution in [0.3, 0.4) is 0 Å². The van der Waals surface area contributed by atoms with Gasteiger partial charge in [-0.2, -0.15) is 0 Å². The lowest BCUT2D eigenvalue weighted by atomic mass is 10.2. The standard InChI is InChI=1S/C12H15FN4S/c1-8-15-16-12(17(8)3)18-11-5-4-10(13)6-9(11)7-14-2/h4-6,14H,7H2,1-3H3. The summed E-state index contributed by atoms with van der Waals surface area (Å²) in [7, 11) is 3.75. The van der Waals surface area contributed by atoms with Gasteiger partial charge in [0.2, 0.25) is 0 Å². The Morgan fingerprint density at radius 1 is 1.39 bits per heavy atom. The molecule has 1 N–H and O–H groups in total. The molecule has 96 valence electrons. The lowest BCUT2D eigenvalue weighted by molar-refractivity contribution is 0.621. The van der Waals surface area contributed by atoms with Crippen LogP contribution in [0, 0.1) is 12.7 Å². The molecule has 0 saturated heterocycles. The summed E-state index contributed by atoms with van der Waals surface area (Å²) in [5.74, 6) is 0.633. The van der Waals surface area contributed by atoms with E-state index in [0.717, 1.165) is 21.4 Å². The minimum atomic E-state index is -0.223. The molecular formula is C12H15FN4S. The van der Waals surface area contributed by atoms with Crippen LogP contribution >= 0.6 is 11.8 Å². The highest BCUT2D eigenvalue weighted by atomic mass is 32.2. The Hall–Kier alpha value is -1.40. The van der Waals surface area contributed by atoms with Crippen molar-refractivity contribution in [2.75, 3.05) is 7.05 Å². The van der Waals surface area contributed by atoms with E-state index in [1.165, 1.54) is 17.8 Å². The Morgan fingerprint density at radius 2 is 2.17 bits per heavy atom. The maximum absolute atomic E-state index is 13.2. The molecule has 2 aromatic rings. The first-order chi connectivity index (χ1) is 8.61. The fourth-order valence-corrected chi connectivity index (χ4v) is 2.50. The number of rotatable bonds is 4. The molecule has 18 heavy (non-hydrogen) atoms. The van der Waals surface area contributed by atoms with Gasteiger partial charge in [-0.05, 0) is 49.5 Å². The molecule has 1 aromatic carbocycles. The molecular weight excluding hydrogens is 251 g/mol. The fraction of sp³-hybridized carbons (Fsp3) is 0.333. The Kier molecular flexibility index (Phi) is 3.98. The van der Waals surface area contributed by atoms with Gasteiger partial charge < -0.3 is 9.88 Å². The average Bonchev–Trinajstić information content (AvgIpc) is 2.65. The van der Waals surface area contributed by atoms with Gasteiger partial charge in [-0.1, -0.05) is 0 Å². The predicted molar refractivity (Wildman–Crippen MR) is 69.0 cm³/mol. The Morgan fingerprint density at radius 3 is 2.78 bits per heavy atom. The van der Waals surface area contributed by atoms with Crippen LogP contribution in [-0.2, 0) is 13.6 Å². The van der Waals surface area contributed by atoms with Gasteiger partial charge in [0.15, 0.2) is 5.16 Å². The van der Waals surface area contributed by atoms with Gasteiger partial charge in [-0.15, -0.1) is 10.2 Å². The highest BCUT2D eigenvalue weighted by Gasteiger charge is 2.10. The molecule has 0 amide bonds. The number of hydrogen-bond acceptors (Lipinski definition) is 4. The lowest BCUT2D eigenvalue weighted by Crippen LogP contribution is -2.06. The van der Waals surface area contributed by atoms with Crippen LogP contribution in [0.15, 0.2) is 28.3 Å². The summed E-state index contributed by atoms with van der Waals surface area (Å²) in [4.78, 5) is 0.987. The maximum Gasteiger partial charge on any atom is 0.195 e. The molecule has 1 aromatic heterocycles. The smallest absolute Gasteiger partial charge is 0.195 e. The Balaban J connectivity index is 2.31. The summed E-state index contributed by atoms with van der Waals surface area (Å²) in [6, 6.07) is 4.78. The number of hydrogen-bond donors (Lipinski definition) is 1. The molecule has 0 fully saturated rings. The first kappa shape index (κ1) is 13.0. The van der Waals surface area contributed by atoms with Crippen LogP contribution in [0.5, 0.6) is 0 Å². The van der Waals surface area contributed by atoms with E-state index in [0.29, 0.717) is 6.54 Å². The van der Waals surface area contributed by atoms with Gasteiger partial charge in [0.1, 0.15) is 11.6 Å². The maximum atomic E-state index is 13.2. The van der Waals surface area contributed by atoms with Crippen molar-refractivity contribution in [3.63, 3.8) is 0 Å². The second-order valence-electron chi connectivity index (χ2n) is 3.97. The zero-order chi connectivity index (χ0) is 13.1. The summed E-state index contributed by atoms with van der Waals surface area (Å²) in [5, 5.41) is 11.9. The third-order valence-electron chi connectivity index (χ3n) is 2.64. The summed E-state index contributed by atoms with van der Waals surface area (Å²) in [6.45, 7) is 2.52. The summed E-state index contributed by atoms with van der Waals surface area (Å²) < 4.78 is 15.1. The van der Waals surface area contributed by atoms with E-state index in [1.54, 1.807) is 12.1 Å². The first-order valence-corrected chi connectivity index (χ1v) is 6.40. The van der Waals surface area contributed by atoms with Crippen LogP contribution < -0.4 is 5.32 Å². The van der Waals surface area contributed by atoms with Crippen molar-refractivity contribution in [1.82, 2.24) is 20.1 Å². The SMILES string of the molecule is CNCc1cc(F)ccc1Sc1nnc(C)n1C. The van der Waals surface area contributed by atoms with Gasteiger partial charge in [0.25, 0.3) is 0 Å². The van der Waals surface area contributed by atoms with E-state index >= 15 is 0 Å². The number of aromatic nitrogens is 3. The van der Waals surface area contributed by atoms with E-state index in [9.17, 15) is 4.39 Å². The fourth-order valence-electron chi connectivity index (χ4n) is 1.55. The van der Waals surface area contributed by atoms with Crippen LogP contribution in [0.1, 0.15) is 11.4 Å². The van der Waals surface area contributed by atoms with Crippen molar-refractivity contribution in [1.29, 1.82) is 0 Å². The molecule has 0 spiro atoms. The average molecular weight is 266 g/mol. The van der Waals surface area contributed by atoms with Gasteiger partial charge in [0.05, 0.1) is 0 Å². The molecule has 0 saturated carbocycles. The Labute approximate surface area is 110 Å². The van der Waals surface area contributed by atoms with Gasteiger partial charge in [0, 0.05) is 18.5 Å². The number of benzene rings is 1. The van der Waals surface area contributed by atoms with Crippen molar-refractivity contribution >= 4 is 11.8 Å². The number of nitrogens with zero attached hydrogens (tertiary/aromatic N) is 3. The second kappa shape index (κ2) is 5.49. The lowest BCUT2D eigenvalue weighted by Gasteiger charge is -2.08. The molecule has 4 nitrogen and oxygen atoms in total. The van der Waals surface area contributed by atoms with E-state index in [2.05, 4.69) is 15.5 Å². The topological polar surface area (TPSA) is 42.7 Å². The molecule has 0 radical (unpaired) electrons. The summed E-state index contributed by atoms with van der Waals surface area (Å²) in [6.07, 6.45) is 0. The largest absolute Gasteiger partial charge is 0.316 e. The quantitative estimate of drug-likeness (QED) is 0.920. The summed E-state index contributed by atoms with van der Waals surface area (Å²) in [5.41, 5.74) is 0.920. The molecule has 0 unspecified atom stereocenters. The molecule has 0 aliphatic rings. The third-order valence-corrected chi connectivity index (χ3v) is 3.80. The normalized spacial score (nSPS) is 10.9. The van der Waals surface area contributed by atoms with Crippen molar-refractivity contribution in [2.45, 2.75) is 23.5 Å². The monoisotopic (exact) mass is 266 g/mol. The van der Waals surface area contributed by atoms with E-state index < -0.39 is 0 Å². The minimum Gasteiger partial charge on any atom is -0.316 e. The minimum absolute atomic E-state index is 0.223. The predicted octanol–water partition coefficient (Wildman–Crippen LogP) is 2.13. The van der Waals surface area contributed by atoms with Gasteiger partial charge in [-0.3, -0.25) is 0 Å². The molecule has 0 atom stereocenters. The molecule has 0 bridgehead atoms. The second-order valence-corrected chi connectivity index (χ2v) is 4.98. The molecule has 6 heteroatoms. The van der Waals surface area contributed by atoms with Gasteiger partial charge in [-0.25, -0.2) is 4.39 Å². The van der Waals surface area contributed by atoms with Crippen LogP contribution in [0.4, 0.5) is 4.39 Å². The van der Waals surface area contributed by atoms with Crippen LogP contribution in [0.2, 0.25) is 0 Å². The third kappa shape index (κ3) is 2.70. The first-order valence-electron chi connectivity index (χ1n) is 5.58. The van der Waals surface area contributed by atoms with Gasteiger partial charge >= 0.3 is 0 Å². The number of halogens is 1. The molecule has 0 aliphatic carbocycles. The summed E-state index contributed by atoms with van der Waals surface area (Å²) >= 11 is 1.49. The molecule has 1 heterocycles. The van der Waals surface area contributed by atoms with E-state index in [4.69, 9.17) is 0 Å². The van der Waals surface area contributed by atoms with Crippen molar-refractivity contribution in [2.24, 2.45) is 7.05 Å². The molecule has 0 aliphatic heterocycles. The number of aryl methyl sites for hydroxylation is 1. The van der Waals surface area contributed by atoms with E-state index in [-0.39, 0.29) is 5.82 Å². The van der Waals surface area contributed by atoms with Crippen molar-refractivity contribution in [3.8, 4) is 0 Å². The van der Waals surface area contributed by atoms with E-state index in [1.807, 2.05) is 25.6 Å². The van der Waals surface area contributed by atoms with Crippen LogP contribution in [0.25, 0.3) is 0 Å². The van der Waals surface area contributed by atoms with Crippen molar-refractivity contribution < 1.29 is 4.39 Å².